The van der Waals surface area contributed by atoms with Crippen LogP contribution in [0.4, 0.5) is 5.69 Å². The van der Waals surface area contributed by atoms with Crippen LogP contribution in [0.15, 0.2) is 24.3 Å². The number of hydrogen-bond donors (Lipinski definition) is 1. The first kappa shape index (κ1) is 15.7. The Hall–Kier alpha value is -1.71. The summed E-state index contributed by atoms with van der Waals surface area (Å²) in [5, 5.41) is 3.28. The first-order chi connectivity index (χ1) is 9.97. The van der Waals surface area contributed by atoms with E-state index in [0.29, 0.717) is 18.4 Å². The maximum absolute atomic E-state index is 12.7. The summed E-state index contributed by atoms with van der Waals surface area (Å²) in [4.78, 5) is 14.7. The molecule has 1 aromatic carbocycles. The molecule has 116 valence electrons. The Morgan fingerprint density at radius 1 is 1.24 bits per heavy atom. The number of carbonyl (C=O) groups is 1. The van der Waals surface area contributed by atoms with Gasteiger partial charge in [0.05, 0.1) is 12.2 Å². The quantitative estimate of drug-likeness (QED) is 0.906. The number of carbonyl (C=O) groups excluding carboxylic acids is 1. The number of para-hydroxylation sites is 2. The fraction of sp³-hybridized carbons (Fsp3) is 0.588. The predicted molar refractivity (Wildman–Crippen MR) is 85.6 cm³/mol. The predicted octanol–water partition coefficient (Wildman–Crippen LogP) is 3.00. The number of benzene rings is 1. The topological polar surface area (TPSA) is 41.6 Å². The Bertz CT molecular complexity index is 475. The van der Waals surface area contributed by atoms with Crippen molar-refractivity contribution in [2.75, 3.05) is 25.0 Å². The number of ether oxygens (including phenoxy) is 1. The number of hydrogen-bond acceptors (Lipinski definition) is 3. The van der Waals surface area contributed by atoms with E-state index in [0.717, 1.165) is 24.5 Å². The fourth-order valence-corrected chi connectivity index (χ4v) is 2.59. The van der Waals surface area contributed by atoms with Crippen molar-refractivity contribution in [1.29, 1.82) is 0 Å². The molecule has 0 fully saturated rings. The monoisotopic (exact) mass is 290 g/mol. The van der Waals surface area contributed by atoms with Gasteiger partial charge in [0, 0.05) is 13.1 Å². The number of fused-ring (bicyclic) bond motifs is 1. The van der Waals surface area contributed by atoms with E-state index in [1.165, 1.54) is 0 Å². The molecule has 1 heterocycles. The van der Waals surface area contributed by atoms with Crippen LogP contribution >= 0.6 is 0 Å². The molecule has 0 aliphatic carbocycles. The van der Waals surface area contributed by atoms with Crippen LogP contribution < -0.4 is 10.1 Å². The molecule has 1 N–H and O–H groups in total. The summed E-state index contributed by atoms with van der Waals surface area (Å²) in [7, 11) is 0. The zero-order valence-electron chi connectivity index (χ0n) is 13.4. The molecule has 1 amide bonds. The SMILES string of the molecule is CC(C)CN(CC(C)C)C(=O)C1CNc2ccccc2O1. The molecule has 1 aliphatic heterocycles. The van der Waals surface area contributed by atoms with Crippen molar-refractivity contribution in [3.63, 3.8) is 0 Å². The highest BCUT2D eigenvalue weighted by Gasteiger charge is 2.30. The molecular weight excluding hydrogens is 264 g/mol. The third-order valence-corrected chi connectivity index (χ3v) is 3.39. The van der Waals surface area contributed by atoms with Gasteiger partial charge in [-0.3, -0.25) is 4.79 Å². The normalized spacial score (nSPS) is 17.1. The molecule has 4 heteroatoms. The lowest BCUT2D eigenvalue weighted by atomic mass is 10.1. The van der Waals surface area contributed by atoms with Crippen molar-refractivity contribution in [2.45, 2.75) is 33.8 Å². The minimum absolute atomic E-state index is 0.0828. The summed E-state index contributed by atoms with van der Waals surface area (Å²) in [5.41, 5.74) is 0.959. The molecule has 1 unspecified atom stereocenters. The first-order valence-corrected chi connectivity index (χ1v) is 7.75. The van der Waals surface area contributed by atoms with E-state index in [1.54, 1.807) is 0 Å². The van der Waals surface area contributed by atoms with Gasteiger partial charge in [-0.25, -0.2) is 0 Å². The zero-order chi connectivity index (χ0) is 15.4. The number of rotatable bonds is 5. The van der Waals surface area contributed by atoms with Gasteiger partial charge in [-0.05, 0) is 24.0 Å². The average molecular weight is 290 g/mol. The van der Waals surface area contributed by atoms with E-state index in [4.69, 9.17) is 4.74 Å². The Morgan fingerprint density at radius 3 is 2.48 bits per heavy atom. The Balaban J connectivity index is 2.07. The highest BCUT2D eigenvalue weighted by atomic mass is 16.5. The third-order valence-electron chi connectivity index (χ3n) is 3.39. The molecule has 4 nitrogen and oxygen atoms in total. The van der Waals surface area contributed by atoms with Gasteiger partial charge < -0.3 is 15.0 Å². The van der Waals surface area contributed by atoms with Crippen molar-refractivity contribution in [2.24, 2.45) is 11.8 Å². The van der Waals surface area contributed by atoms with E-state index in [2.05, 4.69) is 33.0 Å². The molecule has 21 heavy (non-hydrogen) atoms. The van der Waals surface area contributed by atoms with Crippen molar-refractivity contribution in [3.8, 4) is 5.75 Å². The Labute approximate surface area is 127 Å². The smallest absolute Gasteiger partial charge is 0.265 e. The van der Waals surface area contributed by atoms with Crippen LogP contribution in [0.1, 0.15) is 27.7 Å². The maximum Gasteiger partial charge on any atom is 0.265 e. The second-order valence-electron chi connectivity index (χ2n) is 6.51. The summed E-state index contributed by atoms with van der Waals surface area (Å²) in [6, 6.07) is 7.75. The molecule has 1 aliphatic rings. The van der Waals surface area contributed by atoms with Crippen molar-refractivity contribution in [3.05, 3.63) is 24.3 Å². The van der Waals surface area contributed by atoms with E-state index in [-0.39, 0.29) is 5.91 Å². The first-order valence-electron chi connectivity index (χ1n) is 7.75. The van der Waals surface area contributed by atoms with E-state index in [9.17, 15) is 4.79 Å². The summed E-state index contributed by atoms with van der Waals surface area (Å²) in [5.74, 6) is 1.75. The molecule has 0 aromatic heterocycles. The van der Waals surface area contributed by atoms with Crippen LogP contribution in [-0.2, 0) is 4.79 Å². The average Bonchev–Trinajstić information content (AvgIpc) is 2.44. The minimum Gasteiger partial charge on any atom is -0.477 e. The van der Waals surface area contributed by atoms with E-state index < -0.39 is 6.10 Å². The number of anilines is 1. The highest BCUT2D eigenvalue weighted by Crippen LogP contribution is 2.28. The second kappa shape index (κ2) is 6.83. The van der Waals surface area contributed by atoms with E-state index in [1.807, 2.05) is 29.2 Å². The summed E-state index contributed by atoms with van der Waals surface area (Å²) < 4.78 is 5.88. The van der Waals surface area contributed by atoms with Crippen molar-refractivity contribution < 1.29 is 9.53 Å². The highest BCUT2D eigenvalue weighted by molar-refractivity contribution is 5.83. The molecule has 0 radical (unpaired) electrons. The van der Waals surface area contributed by atoms with Gasteiger partial charge in [-0.15, -0.1) is 0 Å². The van der Waals surface area contributed by atoms with Crippen LogP contribution in [0.2, 0.25) is 0 Å². The number of nitrogens with zero attached hydrogens (tertiary/aromatic N) is 1. The minimum atomic E-state index is -0.433. The van der Waals surface area contributed by atoms with Gasteiger partial charge in [0.25, 0.3) is 5.91 Å². The Kier molecular flexibility index (Phi) is 5.10. The molecule has 0 saturated carbocycles. The summed E-state index contributed by atoms with van der Waals surface area (Å²) in [6.45, 7) is 10.6. The molecule has 0 bridgehead atoms. The van der Waals surface area contributed by atoms with Gasteiger partial charge in [0.2, 0.25) is 0 Å². The molecule has 2 rings (SSSR count). The van der Waals surface area contributed by atoms with Crippen LogP contribution in [0.25, 0.3) is 0 Å². The van der Waals surface area contributed by atoms with Gasteiger partial charge >= 0.3 is 0 Å². The standard InChI is InChI=1S/C17H26N2O2/c1-12(2)10-19(11-13(3)4)17(20)16-9-18-14-7-5-6-8-15(14)21-16/h5-8,12-13,16,18H,9-11H2,1-4H3. The van der Waals surface area contributed by atoms with Gasteiger partial charge in [-0.2, -0.15) is 0 Å². The summed E-state index contributed by atoms with van der Waals surface area (Å²) in [6.07, 6.45) is -0.433. The lowest BCUT2D eigenvalue weighted by Gasteiger charge is -2.33. The van der Waals surface area contributed by atoms with Crippen molar-refractivity contribution >= 4 is 11.6 Å². The number of amides is 1. The van der Waals surface area contributed by atoms with Gasteiger partial charge in [-0.1, -0.05) is 39.8 Å². The molecule has 0 saturated heterocycles. The van der Waals surface area contributed by atoms with E-state index >= 15 is 0 Å². The van der Waals surface area contributed by atoms with Crippen LogP contribution in [0, 0.1) is 11.8 Å². The molecule has 0 spiro atoms. The molecule has 1 aromatic rings. The third kappa shape index (κ3) is 4.13. The van der Waals surface area contributed by atoms with Gasteiger partial charge in [0.15, 0.2) is 6.10 Å². The van der Waals surface area contributed by atoms with Crippen LogP contribution in [-0.4, -0.2) is 36.5 Å². The largest absolute Gasteiger partial charge is 0.477 e. The van der Waals surface area contributed by atoms with Gasteiger partial charge in [0.1, 0.15) is 5.75 Å². The number of nitrogens with one attached hydrogen (secondary N) is 1. The zero-order valence-corrected chi connectivity index (χ0v) is 13.4. The lowest BCUT2D eigenvalue weighted by molar-refractivity contribution is -0.139. The molecular formula is C17H26N2O2. The lowest BCUT2D eigenvalue weighted by Crippen LogP contribution is -2.49. The van der Waals surface area contributed by atoms with Crippen LogP contribution in [0.3, 0.4) is 0 Å². The second-order valence-corrected chi connectivity index (χ2v) is 6.51. The maximum atomic E-state index is 12.7. The molecule has 1 atom stereocenters. The van der Waals surface area contributed by atoms with Crippen molar-refractivity contribution in [1.82, 2.24) is 4.90 Å². The summed E-state index contributed by atoms with van der Waals surface area (Å²) >= 11 is 0. The fourth-order valence-electron chi connectivity index (χ4n) is 2.59. The van der Waals surface area contributed by atoms with Crippen LogP contribution in [0.5, 0.6) is 5.75 Å². The Morgan fingerprint density at radius 2 is 1.86 bits per heavy atom.